The van der Waals surface area contributed by atoms with Gasteiger partial charge in [0.15, 0.2) is 0 Å². The summed E-state index contributed by atoms with van der Waals surface area (Å²) in [5.41, 5.74) is -1.08. The number of rotatable bonds is 4. The number of aliphatic carboxylic acids is 1. The van der Waals surface area contributed by atoms with Crippen LogP contribution in [0, 0.1) is 5.82 Å². The highest BCUT2D eigenvalue weighted by Crippen LogP contribution is 2.16. The van der Waals surface area contributed by atoms with Gasteiger partial charge in [0, 0.05) is 11.0 Å². The van der Waals surface area contributed by atoms with Crippen LogP contribution in [0.25, 0.3) is 6.08 Å². The van der Waals surface area contributed by atoms with Gasteiger partial charge in [0.05, 0.1) is 12.7 Å². The van der Waals surface area contributed by atoms with Gasteiger partial charge in [0.2, 0.25) is 5.82 Å². The summed E-state index contributed by atoms with van der Waals surface area (Å²) in [5, 5.41) is 10.2. The van der Waals surface area contributed by atoms with Gasteiger partial charge < -0.3 is 5.11 Å². The average molecular weight is 296 g/mol. The highest BCUT2D eigenvalue weighted by Gasteiger charge is 2.05. The molecule has 0 aliphatic heterocycles. The molecule has 0 saturated carbocycles. The number of hydrogen-bond donors (Lipinski definition) is 2. The Labute approximate surface area is 115 Å². The molecule has 20 heavy (non-hydrogen) atoms. The first-order valence-corrected chi connectivity index (χ1v) is 6.31. The van der Waals surface area contributed by atoms with Gasteiger partial charge in [0.1, 0.15) is 0 Å². The Hall–Kier alpha value is -2.48. The van der Waals surface area contributed by atoms with Crippen LogP contribution < -0.4 is 11.2 Å². The Balaban J connectivity index is 2.23. The number of nitrogens with zero attached hydrogens (tertiary/aromatic N) is 1. The van der Waals surface area contributed by atoms with E-state index in [1.165, 1.54) is 17.4 Å². The average Bonchev–Trinajstić information content (AvgIpc) is 2.81. The molecule has 0 aliphatic rings. The van der Waals surface area contributed by atoms with Gasteiger partial charge in [0.25, 0.3) is 5.56 Å². The van der Waals surface area contributed by atoms with Crippen LogP contribution in [0.3, 0.4) is 0 Å². The van der Waals surface area contributed by atoms with Gasteiger partial charge in [-0.25, -0.2) is 9.59 Å². The van der Waals surface area contributed by atoms with E-state index in [2.05, 4.69) is 0 Å². The fraction of sp³-hybridized carbons (Fsp3) is 0.0833. The van der Waals surface area contributed by atoms with Crippen LogP contribution in [-0.4, -0.2) is 20.6 Å². The summed E-state index contributed by atoms with van der Waals surface area (Å²) in [6, 6.07) is 1.68. The Morgan fingerprint density at radius 2 is 2.25 bits per heavy atom. The van der Waals surface area contributed by atoms with Crippen LogP contribution >= 0.6 is 11.3 Å². The molecule has 0 amide bonds. The smallest absolute Gasteiger partial charge is 0.328 e. The molecule has 0 fully saturated rings. The standard InChI is InChI=1S/C12H9FN2O4S/c13-9-5-15(12(19)14-11(9)18)4-8-3-7(6-20-8)1-2-10(16)17/h1-3,5-6H,4H2,(H,16,17)(H,14,18,19). The maximum absolute atomic E-state index is 13.1. The Bertz CT molecular complexity index is 787. The third-order valence-electron chi connectivity index (χ3n) is 2.39. The minimum absolute atomic E-state index is 0.0953. The largest absolute Gasteiger partial charge is 0.478 e. The summed E-state index contributed by atoms with van der Waals surface area (Å²) >= 11 is 1.30. The van der Waals surface area contributed by atoms with E-state index in [9.17, 15) is 18.8 Å². The molecule has 8 heteroatoms. The second-order valence-electron chi connectivity index (χ2n) is 3.88. The van der Waals surface area contributed by atoms with E-state index in [-0.39, 0.29) is 6.54 Å². The van der Waals surface area contributed by atoms with Crippen molar-refractivity contribution in [1.29, 1.82) is 0 Å². The lowest BCUT2D eigenvalue weighted by atomic mass is 10.3. The lowest BCUT2D eigenvalue weighted by molar-refractivity contribution is -0.131. The van der Waals surface area contributed by atoms with Gasteiger partial charge in [-0.1, -0.05) is 0 Å². The van der Waals surface area contributed by atoms with Crippen molar-refractivity contribution in [3.05, 3.63) is 60.8 Å². The summed E-state index contributed by atoms with van der Waals surface area (Å²) in [7, 11) is 0. The molecule has 0 atom stereocenters. The molecule has 104 valence electrons. The molecule has 2 N–H and O–H groups in total. The van der Waals surface area contributed by atoms with Gasteiger partial charge in [-0.15, -0.1) is 11.3 Å². The molecule has 0 unspecified atom stereocenters. The fourth-order valence-electron chi connectivity index (χ4n) is 1.50. The Kier molecular flexibility index (Phi) is 3.94. The normalized spacial score (nSPS) is 11.1. The topological polar surface area (TPSA) is 92.2 Å². The van der Waals surface area contributed by atoms with Crippen molar-refractivity contribution in [3.8, 4) is 0 Å². The number of hydrogen-bond acceptors (Lipinski definition) is 4. The van der Waals surface area contributed by atoms with Gasteiger partial charge in [-0.3, -0.25) is 14.3 Å². The molecule has 0 spiro atoms. The highest BCUT2D eigenvalue weighted by molar-refractivity contribution is 7.10. The van der Waals surface area contributed by atoms with Crippen molar-refractivity contribution >= 4 is 23.4 Å². The molecule has 0 bridgehead atoms. The van der Waals surface area contributed by atoms with Crippen molar-refractivity contribution < 1.29 is 14.3 Å². The molecule has 2 heterocycles. The number of carboxylic acids is 1. The van der Waals surface area contributed by atoms with E-state index in [0.29, 0.717) is 5.56 Å². The van der Waals surface area contributed by atoms with Crippen molar-refractivity contribution in [1.82, 2.24) is 9.55 Å². The molecule has 0 saturated heterocycles. The molecule has 6 nitrogen and oxygen atoms in total. The number of H-pyrrole nitrogens is 1. The van der Waals surface area contributed by atoms with Crippen LogP contribution in [0.2, 0.25) is 0 Å². The monoisotopic (exact) mass is 296 g/mol. The van der Waals surface area contributed by atoms with Crippen LogP contribution in [0.15, 0.2) is 33.3 Å². The number of halogens is 1. The SMILES string of the molecule is O=C(O)C=Cc1csc(Cn2cc(F)c(=O)[nH]c2=O)c1. The van der Waals surface area contributed by atoms with Crippen LogP contribution in [-0.2, 0) is 11.3 Å². The Morgan fingerprint density at radius 3 is 2.95 bits per heavy atom. The lowest BCUT2D eigenvalue weighted by Gasteiger charge is -2.02. The molecule has 2 aromatic heterocycles. The van der Waals surface area contributed by atoms with Gasteiger partial charge >= 0.3 is 11.7 Å². The zero-order chi connectivity index (χ0) is 14.7. The van der Waals surface area contributed by atoms with Crippen LogP contribution in [0.4, 0.5) is 4.39 Å². The van der Waals surface area contributed by atoms with E-state index in [0.717, 1.165) is 21.7 Å². The number of aromatic amines is 1. The first kappa shape index (κ1) is 13.9. The minimum atomic E-state index is -1.06. The maximum atomic E-state index is 13.1. The summed E-state index contributed by atoms with van der Waals surface area (Å²) in [6.07, 6.45) is 3.25. The summed E-state index contributed by atoms with van der Waals surface area (Å²) in [4.78, 5) is 35.3. The predicted molar refractivity (Wildman–Crippen MR) is 71.4 cm³/mol. The van der Waals surface area contributed by atoms with Crippen molar-refractivity contribution in [2.24, 2.45) is 0 Å². The molecule has 0 aliphatic carbocycles. The first-order chi connectivity index (χ1) is 9.45. The second-order valence-corrected chi connectivity index (χ2v) is 4.88. The van der Waals surface area contributed by atoms with E-state index >= 15 is 0 Å². The second kappa shape index (κ2) is 5.66. The number of carboxylic acid groups (broad SMARTS) is 1. The number of thiophene rings is 1. The number of aromatic nitrogens is 2. The van der Waals surface area contributed by atoms with E-state index in [4.69, 9.17) is 5.11 Å². The molecular weight excluding hydrogens is 287 g/mol. The molecular formula is C12H9FN2O4S. The lowest BCUT2D eigenvalue weighted by Crippen LogP contribution is -2.31. The minimum Gasteiger partial charge on any atom is -0.478 e. The quantitative estimate of drug-likeness (QED) is 0.819. The Morgan fingerprint density at radius 1 is 1.50 bits per heavy atom. The van der Waals surface area contributed by atoms with Gasteiger partial charge in [-0.2, -0.15) is 4.39 Å². The maximum Gasteiger partial charge on any atom is 0.328 e. The first-order valence-electron chi connectivity index (χ1n) is 5.43. The van der Waals surface area contributed by atoms with Crippen LogP contribution in [0.5, 0.6) is 0 Å². The third kappa shape index (κ3) is 3.29. The van der Waals surface area contributed by atoms with E-state index in [1.54, 1.807) is 11.4 Å². The molecule has 0 aromatic carbocycles. The fourth-order valence-corrected chi connectivity index (χ4v) is 2.36. The summed E-state index contributed by atoms with van der Waals surface area (Å²) < 4.78 is 14.1. The molecule has 2 rings (SSSR count). The van der Waals surface area contributed by atoms with E-state index in [1.807, 2.05) is 4.98 Å². The third-order valence-corrected chi connectivity index (χ3v) is 3.33. The highest BCUT2D eigenvalue weighted by atomic mass is 32.1. The van der Waals surface area contributed by atoms with E-state index < -0.39 is 23.0 Å². The van der Waals surface area contributed by atoms with Gasteiger partial charge in [-0.05, 0) is 23.1 Å². The van der Waals surface area contributed by atoms with Crippen molar-refractivity contribution in [3.63, 3.8) is 0 Å². The number of carbonyl (C=O) groups is 1. The summed E-state index contributed by atoms with van der Waals surface area (Å²) in [6.45, 7) is 0.0953. The number of nitrogens with one attached hydrogen (secondary N) is 1. The zero-order valence-corrected chi connectivity index (χ0v) is 10.8. The van der Waals surface area contributed by atoms with Crippen LogP contribution in [0.1, 0.15) is 10.4 Å². The zero-order valence-electron chi connectivity index (χ0n) is 10.00. The predicted octanol–water partition coefficient (Wildman–Crippen LogP) is 0.883. The summed E-state index contributed by atoms with van der Waals surface area (Å²) in [5.74, 6) is -2.09. The van der Waals surface area contributed by atoms with Crippen molar-refractivity contribution in [2.45, 2.75) is 6.54 Å². The van der Waals surface area contributed by atoms with Crippen molar-refractivity contribution in [2.75, 3.05) is 0 Å². The molecule has 0 radical (unpaired) electrons. The molecule has 2 aromatic rings.